The summed E-state index contributed by atoms with van der Waals surface area (Å²) in [6.07, 6.45) is 1.82. The molecule has 0 bridgehead atoms. The predicted molar refractivity (Wildman–Crippen MR) is 72.6 cm³/mol. The molecule has 1 aromatic heterocycles. The topological polar surface area (TPSA) is 82.5 Å². The minimum atomic E-state index is -0.807. The molecule has 104 valence electrons. The van der Waals surface area contributed by atoms with Crippen LogP contribution in [-0.4, -0.2) is 47.5 Å². The third-order valence-corrected chi connectivity index (χ3v) is 4.22. The highest BCUT2D eigenvalue weighted by Crippen LogP contribution is 2.38. The lowest BCUT2D eigenvalue weighted by molar-refractivity contribution is -0.138. The van der Waals surface area contributed by atoms with Crippen LogP contribution in [0.25, 0.3) is 0 Å². The number of aromatic nitrogens is 1. The number of fused-ring (bicyclic) bond motifs is 1. The minimum absolute atomic E-state index is 0.0556. The molecule has 6 nitrogen and oxygen atoms in total. The number of carboxylic acid groups (broad SMARTS) is 1. The first-order chi connectivity index (χ1) is 8.99. The molecule has 1 aliphatic rings. The second-order valence-corrected chi connectivity index (χ2v) is 5.81. The Labute approximate surface area is 115 Å². The molecule has 2 rings (SSSR count). The second-order valence-electron chi connectivity index (χ2n) is 4.72. The van der Waals surface area contributed by atoms with Crippen molar-refractivity contribution in [2.24, 2.45) is 0 Å². The number of hydrogen-bond acceptors (Lipinski definition) is 5. The van der Waals surface area contributed by atoms with Gasteiger partial charge < -0.3 is 15.3 Å². The van der Waals surface area contributed by atoms with Crippen LogP contribution in [0.3, 0.4) is 0 Å². The molecule has 0 radical (unpaired) electrons. The van der Waals surface area contributed by atoms with Gasteiger partial charge in [0, 0.05) is 31.9 Å². The number of aryl methyl sites for hydroxylation is 1. The first kappa shape index (κ1) is 13.8. The molecule has 1 aliphatic carbocycles. The van der Waals surface area contributed by atoms with Crippen LogP contribution in [0, 0.1) is 0 Å². The zero-order valence-electron chi connectivity index (χ0n) is 11.0. The second kappa shape index (κ2) is 5.56. The van der Waals surface area contributed by atoms with Gasteiger partial charge in [-0.3, -0.25) is 9.59 Å². The van der Waals surface area contributed by atoms with Gasteiger partial charge in [-0.1, -0.05) is 0 Å². The van der Waals surface area contributed by atoms with E-state index in [1.54, 1.807) is 19.0 Å². The summed E-state index contributed by atoms with van der Waals surface area (Å²) in [6.45, 7) is 0.515. The summed E-state index contributed by atoms with van der Waals surface area (Å²) in [5.41, 5.74) is 0.693. The van der Waals surface area contributed by atoms with Crippen molar-refractivity contribution in [2.75, 3.05) is 26.0 Å². The van der Waals surface area contributed by atoms with Crippen molar-refractivity contribution < 1.29 is 14.7 Å². The number of carbonyl (C=O) groups is 2. The molecular weight excluding hydrogens is 266 g/mol. The van der Waals surface area contributed by atoms with E-state index in [0.717, 1.165) is 11.3 Å². The molecule has 0 saturated heterocycles. The Hall–Kier alpha value is -1.63. The van der Waals surface area contributed by atoms with Crippen molar-refractivity contribution in [3.8, 4) is 0 Å². The number of thiazole rings is 1. The quantitative estimate of drug-likeness (QED) is 0.847. The van der Waals surface area contributed by atoms with Crippen molar-refractivity contribution in [3.63, 3.8) is 0 Å². The molecule has 7 heteroatoms. The fraction of sp³-hybridized carbons (Fsp3) is 0.583. The summed E-state index contributed by atoms with van der Waals surface area (Å²) in [5.74, 6) is -1.22. The van der Waals surface area contributed by atoms with Crippen LogP contribution in [0.4, 0.5) is 5.13 Å². The number of hydrogen-bond donors (Lipinski definition) is 2. The molecule has 0 saturated carbocycles. The molecule has 1 amide bonds. The van der Waals surface area contributed by atoms with Crippen LogP contribution >= 0.6 is 11.3 Å². The van der Waals surface area contributed by atoms with E-state index in [9.17, 15) is 9.59 Å². The smallest absolute Gasteiger partial charge is 0.312 e. The third-order valence-electron chi connectivity index (χ3n) is 3.13. The molecule has 1 unspecified atom stereocenters. The highest BCUT2D eigenvalue weighted by molar-refractivity contribution is 7.15. The highest BCUT2D eigenvalue weighted by Gasteiger charge is 2.32. The zero-order valence-corrected chi connectivity index (χ0v) is 11.8. The number of carboxylic acids is 1. The fourth-order valence-electron chi connectivity index (χ4n) is 2.04. The molecular formula is C12H17N3O3S. The van der Waals surface area contributed by atoms with Gasteiger partial charge in [-0.25, -0.2) is 4.98 Å². The fourth-order valence-corrected chi connectivity index (χ4v) is 3.11. The highest BCUT2D eigenvalue weighted by atomic mass is 32.1. The number of aliphatic carboxylic acids is 1. The van der Waals surface area contributed by atoms with Crippen LogP contribution < -0.4 is 5.32 Å². The van der Waals surface area contributed by atoms with E-state index >= 15 is 0 Å². The molecule has 0 aliphatic heterocycles. The van der Waals surface area contributed by atoms with Gasteiger partial charge in [0.25, 0.3) is 0 Å². The van der Waals surface area contributed by atoms with E-state index < -0.39 is 11.9 Å². The maximum atomic E-state index is 11.4. The normalized spacial score (nSPS) is 17.1. The first-order valence-corrected chi connectivity index (χ1v) is 6.97. The standard InChI is InChI=1S/C12H17N3O3S/c1-15(2)9(16)5-6-13-12-14-10-7(11(17)18)3-4-8(10)19-12/h7H,3-6H2,1-2H3,(H,13,14)(H,17,18). The summed E-state index contributed by atoms with van der Waals surface area (Å²) in [5, 5.41) is 12.9. The summed E-state index contributed by atoms with van der Waals surface area (Å²) < 4.78 is 0. The lowest BCUT2D eigenvalue weighted by Gasteiger charge is -2.10. The summed E-state index contributed by atoms with van der Waals surface area (Å²) in [7, 11) is 3.44. The van der Waals surface area contributed by atoms with E-state index in [0.29, 0.717) is 30.2 Å². The number of carbonyl (C=O) groups excluding carboxylic acids is 1. The van der Waals surface area contributed by atoms with Crippen LogP contribution in [0.2, 0.25) is 0 Å². The Bertz CT molecular complexity index is 498. The number of nitrogens with zero attached hydrogens (tertiary/aromatic N) is 2. The lowest BCUT2D eigenvalue weighted by Crippen LogP contribution is -2.23. The van der Waals surface area contributed by atoms with Crippen molar-refractivity contribution >= 4 is 28.3 Å². The zero-order chi connectivity index (χ0) is 14.0. The van der Waals surface area contributed by atoms with Crippen molar-refractivity contribution in [2.45, 2.75) is 25.2 Å². The average Bonchev–Trinajstić information content (AvgIpc) is 2.87. The third kappa shape index (κ3) is 3.04. The van der Waals surface area contributed by atoms with E-state index in [1.165, 1.54) is 11.3 Å². The van der Waals surface area contributed by atoms with E-state index in [2.05, 4.69) is 10.3 Å². The van der Waals surface area contributed by atoms with Gasteiger partial charge in [0.2, 0.25) is 5.91 Å². The van der Waals surface area contributed by atoms with Crippen molar-refractivity contribution in [1.82, 2.24) is 9.88 Å². The van der Waals surface area contributed by atoms with Crippen LogP contribution in [0.15, 0.2) is 0 Å². The maximum Gasteiger partial charge on any atom is 0.312 e. The summed E-state index contributed by atoms with van der Waals surface area (Å²) >= 11 is 1.49. The maximum absolute atomic E-state index is 11.4. The van der Waals surface area contributed by atoms with E-state index in [1.807, 2.05) is 0 Å². The van der Waals surface area contributed by atoms with Crippen LogP contribution in [0.5, 0.6) is 0 Å². The molecule has 1 aromatic rings. The average molecular weight is 283 g/mol. The van der Waals surface area contributed by atoms with Gasteiger partial charge in [0.05, 0.1) is 5.69 Å². The Morgan fingerprint density at radius 3 is 2.89 bits per heavy atom. The predicted octanol–water partition coefficient (Wildman–Crippen LogP) is 1.15. The number of rotatable bonds is 5. The van der Waals surface area contributed by atoms with Gasteiger partial charge in [0.1, 0.15) is 5.92 Å². The van der Waals surface area contributed by atoms with Crippen molar-refractivity contribution in [3.05, 3.63) is 10.6 Å². The molecule has 0 fully saturated rings. The first-order valence-electron chi connectivity index (χ1n) is 6.15. The number of anilines is 1. The summed E-state index contributed by atoms with van der Waals surface area (Å²) in [4.78, 5) is 29.4. The Kier molecular flexibility index (Phi) is 4.04. The number of nitrogens with one attached hydrogen (secondary N) is 1. The van der Waals surface area contributed by atoms with Gasteiger partial charge in [-0.05, 0) is 12.8 Å². The Balaban J connectivity index is 1.92. The molecule has 1 atom stereocenters. The lowest BCUT2D eigenvalue weighted by atomic mass is 10.1. The minimum Gasteiger partial charge on any atom is -0.481 e. The van der Waals surface area contributed by atoms with Crippen LogP contribution in [0.1, 0.15) is 29.3 Å². The molecule has 0 spiro atoms. The number of amides is 1. The molecule has 2 N–H and O–H groups in total. The van der Waals surface area contributed by atoms with E-state index in [-0.39, 0.29) is 5.91 Å². The molecule has 0 aromatic carbocycles. The van der Waals surface area contributed by atoms with Gasteiger partial charge >= 0.3 is 5.97 Å². The SMILES string of the molecule is CN(C)C(=O)CCNc1nc2c(s1)CCC2C(=O)O. The molecule has 19 heavy (non-hydrogen) atoms. The summed E-state index contributed by atoms with van der Waals surface area (Å²) in [6, 6.07) is 0. The largest absolute Gasteiger partial charge is 0.481 e. The van der Waals surface area contributed by atoms with Crippen LogP contribution in [-0.2, 0) is 16.0 Å². The van der Waals surface area contributed by atoms with Crippen molar-refractivity contribution in [1.29, 1.82) is 0 Å². The van der Waals surface area contributed by atoms with Gasteiger partial charge in [-0.2, -0.15) is 0 Å². The van der Waals surface area contributed by atoms with E-state index in [4.69, 9.17) is 5.11 Å². The monoisotopic (exact) mass is 283 g/mol. The van der Waals surface area contributed by atoms with Gasteiger partial charge in [0.15, 0.2) is 5.13 Å². The Morgan fingerprint density at radius 2 is 2.26 bits per heavy atom. The van der Waals surface area contributed by atoms with Gasteiger partial charge in [-0.15, -0.1) is 11.3 Å². The molecule has 1 heterocycles. The Morgan fingerprint density at radius 1 is 1.53 bits per heavy atom.